The van der Waals surface area contributed by atoms with Crippen molar-refractivity contribution in [2.45, 2.75) is 38.8 Å². The molecular formula is C9H21IN4O2S. The van der Waals surface area contributed by atoms with Crippen LogP contribution in [0.5, 0.6) is 0 Å². The van der Waals surface area contributed by atoms with Gasteiger partial charge in [-0.2, -0.15) is 0 Å². The van der Waals surface area contributed by atoms with Crippen LogP contribution in [0.4, 0.5) is 0 Å². The lowest BCUT2D eigenvalue weighted by molar-refractivity contribution is 0.570. The second-order valence-corrected chi connectivity index (χ2v) is 6.15. The molecule has 0 radical (unpaired) electrons. The molecular weight excluding hydrogens is 355 g/mol. The van der Waals surface area contributed by atoms with Gasteiger partial charge in [0.2, 0.25) is 10.0 Å². The third-order valence-electron chi connectivity index (χ3n) is 1.99. The van der Waals surface area contributed by atoms with Gasteiger partial charge in [-0.3, -0.25) is 4.99 Å². The Morgan fingerprint density at radius 2 is 2.06 bits per heavy atom. The largest absolute Gasteiger partial charge is 0.370 e. The standard InChI is InChI=1S/C9H20N4O2S.HI/c1-7(2)13-16(14,15)6-5-11-9(10)12-8-3-4-8;/h7-8,13H,3-6H2,1-2H3,(H3,10,11,12);1H. The van der Waals surface area contributed by atoms with Gasteiger partial charge in [-0.15, -0.1) is 24.0 Å². The highest BCUT2D eigenvalue weighted by Gasteiger charge is 2.21. The number of aliphatic imine (C=N–C) groups is 1. The molecule has 0 amide bonds. The summed E-state index contributed by atoms with van der Waals surface area (Å²) in [4.78, 5) is 3.96. The zero-order chi connectivity index (χ0) is 12.2. The van der Waals surface area contributed by atoms with Crippen LogP contribution in [0.15, 0.2) is 4.99 Å². The fourth-order valence-corrected chi connectivity index (χ4v) is 2.35. The molecule has 17 heavy (non-hydrogen) atoms. The molecule has 8 heteroatoms. The van der Waals surface area contributed by atoms with Crippen LogP contribution in [0.3, 0.4) is 0 Å². The van der Waals surface area contributed by atoms with E-state index >= 15 is 0 Å². The first-order valence-corrected chi connectivity index (χ1v) is 7.11. The number of hydrogen-bond donors (Lipinski definition) is 3. The predicted octanol–water partition coefficient (Wildman–Crippen LogP) is -0.00110. The van der Waals surface area contributed by atoms with Gasteiger partial charge < -0.3 is 11.1 Å². The highest BCUT2D eigenvalue weighted by Crippen LogP contribution is 2.17. The van der Waals surface area contributed by atoms with Crippen molar-refractivity contribution in [3.63, 3.8) is 0 Å². The van der Waals surface area contributed by atoms with Gasteiger partial charge in [-0.25, -0.2) is 13.1 Å². The first-order valence-electron chi connectivity index (χ1n) is 5.45. The Hall–Kier alpha value is -0.0900. The average molecular weight is 376 g/mol. The van der Waals surface area contributed by atoms with E-state index in [1.165, 1.54) is 0 Å². The Bertz CT molecular complexity index is 352. The van der Waals surface area contributed by atoms with Gasteiger partial charge in [-0.1, -0.05) is 0 Å². The average Bonchev–Trinajstić information content (AvgIpc) is 2.84. The summed E-state index contributed by atoms with van der Waals surface area (Å²) in [5, 5.41) is 2.99. The summed E-state index contributed by atoms with van der Waals surface area (Å²) in [6.07, 6.45) is 2.23. The smallest absolute Gasteiger partial charge is 0.213 e. The molecule has 0 atom stereocenters. The molecule has 0 bridgehead atoms. The minimum absolute atomic E-state index is 0. The molecule has 0 spiro atoms. The predicted molar refractivity (Wildman–Crippen MR) is 80.1 cm³/mol. The number of sulfonamides is 1. The summed E-state index contributed by atoms with van der Waals surface area (Å²) in [7, 11) is -3.23. The van der Waals surface area contributed by atoms with Crippen LogP contribution < -0.4 is 15.8 Å². The molecule has 0 heterocycles. The van der Waals surface area contributed by atoms with E-state index in [-0.39, 0.29) is 42.3 Å². The van der Waals surface area contributed by atoms with Crippen molar-refractivity contribution < 1.29 is 8.42 Å². The van der Waals surface area contributed by atoms with E-state index in [1.54, 1.807) is 13.8 Å². The SMILES string of the molecule is CC(C)NS(=O)(=O)CCN=C(N)NC1CC1.I. The van der Waals surface area contributed by atoms with E-state index in [9.17, 15) is 8.42 Å². The Balaban J connectivity index is 0.00000256. The summed E-state index contributed by atoms with van der Waals surface area (Å²) < 4.78 is 25.3. The maximum Gasteiger partial charge on any atom is 0.213 e. The Labute approximate surface area is 120 Å². The van der Waals surface area contributed by atoms with E-state index < -0.39 is 10.0 Å². The number of nitrogens with one attached hydrogen (secondary N) is 2. The molecule has 0 aliphatic heterocycles. The number of halogens is 1. The summed E-state index contributed by atoms with van der Waals surface area (Å²) in [6, 6.07) is 0.352. The second kappa shape index (κ2) is 7.37. The van der Waals surface area contributed by atoms with Gasteiger partial charge in [0.1, 0.15) is 0 Å². The van der Waals surface area contributed by atoms with Crippen molar-refractivity contribution >= 4 is 40.0 Å². The minimum Gasteiger partial charge on any atom is -0.370 e. The van der Waals surface area contributed by atoms with Crippen molar-refractivity contribution in [2.24, 2.45) is 10.7 Å². The van der Waals surface area contributed by atoms with E-state index in [4.69, 9.17) is 5.73 Å². The quantitative estimate of drug-likeness (QED) is 0.345. The van der Waals surface area contributed by atoms with Crippen molar-refractivity contribution in [3.05, 3.63) is 0 Å². The number of nitrogens with two attached hydrogens (primary N) is 1. The molecule has 1 rings (SSSR count). The maximum absolute atomic E-state index is 11.4. The lowest BCUT2D eigenvalue weighted by atomic mass is 10.4. The van der Waals surface area contributed by atoms with Gasteiger partial charge in [-0.05, 0) is 26.7 Å². The van der Waals surface area contributed by atoms with Crippen LogP contribution in [0, 0.1) is 0 Å². The third kappa shape index (κ3) is 8.61. The van der Waals surface area contributed by atoms with Crippen molar-refractivity contribution in [1.29, 1.82) is 0 Å². The van der Waals surface area contributed by atoms with Crippen molar-refractivity contribution in [3.8, 4) is 0 Å². The Kier molecular flexibility index (Phi) is 7.33. The molecule has 102 valence electrons. The van der Waals surface area contributed by atoms with Gasteiger partial charge in [0, 0.05) is 12.1 Å². The van der Waals surface area contributed by atoms with Crippen molar-refractivity contribution in [2.75, 3.05) is 12.3 Å². The molecule has 0 saturated heterocycles. The summed E-state index contributed by atoms with van der Waals surface area (Å²) in [5.41, 5.74) is 5.57. The number of rotatable bonds is 6. The van der Waals surface area contributed by atoms with E-state index in [0.717, 1.165) is 12.8 Å². The molecule has 1 aliphatic rings. The normalized spacial score (nSPS) is 16.8. The number of guanidine groups is 1. The molecule has 0 aromatic rings. The molecule has 0 unspecified atom stereocenters. The van der Waals surface area contributed by atoms with Crippen LogP contribution in [-0.4, -0.2) is 38.8 Å². The first-order chi connectivity index (χ1) is 7.39. The van der Waals surface area contributed by atoms with Gasteiger partial charge >= 0.3 is 0 Å². The monoisotopic (exact) mass is 376 g/mol. The highest BCUT2D eigenvalue weighted by molar-refractivity contribution is 14.0. The summed E-state index contributed by atoms with van der Waals surface area (Å²) >= 11 is 0. The van der Waals surface area contributed by atoms with Gasteiger partial charge in [0.05, 0.1) is 12.3 Å². The van der Waals surface area contributed by atoms with Crippen LogP contribution in [0.25, 0.3) is 0 Å². The lowest BCUT2D eigenvalue weighted by Gasteiger charge is -2.08. The van der Waals surface area contributed by atoms with Crippen LogP contribution in [-0.2, 0) is 10.0 Å². The third-order valence-corrected chi connectivity index (χ3v) is 3.54. The number of hydrogen-bond acceptors (Lipinski definition) is 3. The molecule has 6 nitrogen and oxygen atoms in total. The highest BCUT2D eigenvalue weighted by atomic mass is 127. The molecule has 0 aromatic carbocycles. The second-order valence-electron chi connectivity index (χ2n) is 4.28. The maximum atomic E-state index is 11.4. The van der Waals surface area contributed by atoms with E-state index in [1.807, 2.05) is 0 Å². The lowest BCUT2D eigenvalue weighted by Crippen LogP contribution is -2.35. The molecule has 0 aromatic heterocycles. The zero-order valence-electron chi connectivity index (χ0n) is 10.1. The zero-order valence-corrected chi connectivity index (χ0v) is 13.3. The van der Waals surface area contributed by atoms with E-state index in [2.05, 4.69) is 15.0 Å². The van der Waals surface area contributed by atoms with Crippen LogP contribution >= 0.6 is 24.0 Å². The molecule has 1 fully saturated rings. The van der Waals surface area contributed by atoms with Crippen LogP contribution in [0.1, 0.15) is 26.7 Å². The molecule has 4 N–H and O–H groups in total. The summed E-state index contributed by atoms with van der Waals surface area (Å²) in [6.45, 7) is 3.75. The minimum atomic E-state index is -3.23. The van der Waals surface area contributed by atoms with Crippen LogP contribution in [0.2, 0.25) is 0 Å². The topological polar surface area (TPSA) is 96.6 Å². The first kappa shape index (κ1) is 16.9. The molecule has 1 aliphatic carbocycles. The Morgan fingerprint density at radius 3 is 2.53 bits per heavy atom. The fourth-order valence-electron chi connectivity index (χ4n) is 1.19. The van der Waals surface area contributed by atoms with E-state index in [0.29, 0.717) is 12.0 Å². The summed E-state index contributed by atoms with van der Waals surface area (Å²) in [5.74, 6) is 0.306. The fraction of sp³-hybridized carbons (Fsp3) is 0.889. The number of nitrogens with zero attached hydrogens (tertiary/aromatic N) is 1. The van der Waals surface area contributed by atoms with Crippen molar-refractivity contribution in [1.82, 2.24) is 10.0 Å². The molecule has 1 saturated carbocycles. The Morgan fingerprint density at radius 1 is 1.47 bits per heavy atom. The van der Waals surface area contributed by atoms with Gasteiger partial charge in [0.15, 0.2) is 5.96 Å². The van der Waals surface area contributed by atoms with Gasteiger partial charge in [0.25, 0.3) is 0 Å².